The second-order valence-electron chi connectivity index (χ2n) is 5.89. The van der Waals surface area contributed by atoms with E-state index in [1.807, 2.05) is 24.3 Å². The van der Waals surface area contributed by atoms with Gasteiger partial charge < -0.3 is 9.64 Å². The molecule has 1 unspecified atom stereocenters. The SMILES string of the molecule is CCN1CCC(OCc2ccc(Cl)cc2)(c2ccccc2)C1. The van der Waals surface area contributed by atoms with Crippen LogP contribution in [-0.2, 0) is 16.9 Å². The summed E-state index contributed by atoms with van der Waals surface area (Å²) in [6.45, 7) is 5.94. The Morgan fingerprint density at radius 3 is 2.45 bits per heavy atom. The Labute approximate surface area is 137 Å². The number of hydrogen-bond donors (Lipinski definition) is 0. The van der Waals surface area contributed by atoms with E-state index in [1.165, 1.54) is 5.56 Å². The van der Waals surface area contributed by atoms with E-state index >= 15 is 0 Å². The van der Waals surface area contributed by atoms with Crippen LogP contribution in [0.15, 0.2) is 54.6 Å². The second-order valence-corrected chi connectivity index (χ2v) is 6.33. The van der Waals surface area contributed by atoms with Crippen LogP contribution in [0.25, 0.3) is 0 Å². The summed E-state index contributed by atoms with van der Waals surface area (Å²) in [5.74, 6) is 0. The Morgan fingerprint density at radius 2 is 1.82 bits per heavy atom. The number of hydrogen-bond acceptors (Lipinski definition) is 2. The first-order chi connectivity index (χ1) is 10.7. The van der Waals surface area contributed by atoms with E-state index in [0.717, 1.165) is 36.6 Å². The molecule has 2 nitrogen and oxygen atoms in total. The minimum Gasteiger partial charge on any atom is -0.364 e. The van der Waals surface area contributed by atoms with Crippen molar-refractivity contribution >= 4 is 11.6 Å². The Morgan fingerprint density at radius 1 is 1.09 bits per heavy atom. The van der Waals surface area contributed by atoms with Crippen molar-refractivity contribution in [1.29, 1.82) is 0 Å². The van der Waals surface area contributed by atoms with Gasteiger partial charge >= 0.3 is 0 Å². The summed E-state index contributed by atoms with van der Waals surface area (Å²) in [4.78, 5) is 2.45. The molecule has 1 saturated heterocycles. The van der Waals surface area contributed by atoms with Gasteiger partial charge in [0.25, 0.3) is 0 Å². The second kappa shape index (κ2) is 6.82. The molecule has 0 aromatic heterocycles. The molecule has 1 aliphatic rings. The van der Waals surface area contributed by atoms with Crippen molar-refractivity contribution in [2.45, 2.75) is 25.6 Å². The minimum atomic E-state index is -0.198. The molecule has 1 aliphatic heterocycles. The first kappa shape index (κ1) is 15.5. The van der Waals surface area contributed by atoms with Crippen LogP contribution in [0.2, 0.25) is 5.02 Å². The van der Waals surface area contributed by atoms with Gasteiger partial charge in [-0.1, -0.05) is 61.0 Å². The normalized spacial score (nSPS) is 22.1. The first-order valence-electron chi connectivity index (χ1n) is 7.88. The van der Waals surface area contributed by atoms with Crippen molar-refractivity contribution in [3.8, 4) is 0 Å². The van der Waals surface area contributed by atoms with Crippen molar-refractivity contribution in [3.63, 3.8) is 0 Å². The van der Waals surface area contributed by atoms with E-state index in [4.69, 9.17) is 16.3 Å². The zero-order valence-corrected chi connectivity index (χ0v) is 13.7. The fraction of sp³-hybridized carbons (Fsp3) is 0.368. The molecule has 0 amide bonds. The highest BCUT2D eigenvalue weighted by Gasteiger charge is 2.40. The molecule has 2 aromatic carbocycles. The summed E-state index contributed by atoms with van der Waals surface area (Å²) in [6.07, 6.45) is 1.04. The Kier molecular flexibility index (Phi) is 4.82. The fourth-order valence-electron chi connectivity index (χ4n) is 3.11. The monoisotopic (exact) mass is 315 g/mol. The quantitative estimate of drug-likeness (QED) is 0.806. The molecule has 0 saturated carbocycles. The highest BCUT2D eigenvalue weighted by molar-refractivity contribution is 6.30. The van der Waals surface area contributed by atoms with Gasteiger partial charge in [0.15, 0.2) is 0 Å². The average molecular weight is 316 g/mol. The van der Waals surface area contributed by atoms with Crippen LogP contribution in [0, 0.1) is 0 Å². The molecule has 0 aliphatic carbocycles. The molecule has 3 rings (SSSR count). The van der Waals surface area contributed by atoms with Gasteiger partial charge in [-0.25, -0.2) is 0 Å². The predicted molar refractivity (Wildman–Crippen MR) is 91.1 cm³/mol. The zero-order valence-electron chi connectivity index (χ0n) is 13.0. The van der Waals surface area contributed by atoms with E-state index in [2.05, 4.69) is 42.2 Å². The third-order valence-electron chi connectivity index (χ3n) is 4.49. The highest BCUT2D eigenvalue weighted by Crippen LogP contribution is 2.36. The number of halogens is 1. The summed E-state index contributed by atoms with van der Waals surface area (Å²) >= 11 is 5.95. The summed E-state index contributed by atoms with van der Waals surface area (Å²) in [5, 5.41) is 0.763. The fourth-order valence-corrected chi connectivity index (χ4v) is 3.23. The van der Waals surface area contributed by atoms with Gasteiger partial charge in [0.2, 0.25) is 0 Å². The molecule has 0 radical (unpaired) electrons. The van der Waals surface area contributed by atoms with Crippen LogP contribution in [0.4, 0.5) is 0 Å². The number of benzene rings is 2. The summed E-state index contributed by atoms with van der Waals surface area (Å²) in [7, 11) is 0. The molecule has 0 N–H and O–H groups in total. The summed E-state index contributed by atoms with van der Waals surface area (Å²) < 4.78 is 6.45. The largest absolute Gasteiger partial charge is 0.364 e. The molecular formula is C19H22ClNO. The molecule has 116 valence electrons. The molecule has 2 aromatic rings. The van der Waals surface area contributed by atoms with Crippen LogP contribution < -0.4 is 0 Å². The van der Waals surface area contributed by atoms with Crippen molar-refractivity contribution < 1.29 is 4.74 Å². The predicted octanol–water partition coefficient (Wildman–Crippen LogP) is 4.48. The number of likely N-dealkylation sites (tertiary alicyclic amines) is 1. The van der Waals surface area contributed by atoms with E-state index < -0.39 is 0 Å². The van der Waals surface area contributed by atoms with Crippen LogP contribution >= 0.6 is 11.6 Å². The lowest BCUT2D eigenvalue weighted by atomic mass is 9.92. The smallest absolute Gasteiger partial charge is 0.107 e. The van der Waals surface area contributed by atoms with Crippen molar-refractivity contribution in [2.75, 3.05) is 19.6 Å². The van der Waals surface area contributed by atoms with Gasteiger partial charge in [-0.05, 0) is 36.2 Å². The lowest BCUT2D eigenvalue weighted by Crippen LogP contribution is -2.33. The zero-order chi connectivity index (χ0) is 15.4. The van der Waals surface area contributed by atoms with E-state index in [1.54, 1.807) is 0 Å². The van der Waals surface area contributed by atoms with Crippen molar-refractivity contribution in [1.82, 2.24) is 4.90 Å². The summed E-state index contributed by atoms with van der Waals surface area (Å²) in [5.41, 5.74) is 2.24. The van der Waals surface area contributed by atoms with Crippen LogP contribution in [-0.4, -0.2) is 24.5 Å². The lowest BCUT2D eigenvalue weighted by molar-refractivity contribution is -0.0536. The number of rotatable bonds is 5. The number of likely N-dealkylation sites (N-methyl/N-ethyl adjacent to an activating group) is 1. The van der Waals surface area contributed by atoms with Crippen LogP contribution in [0.5, 0.6) is 0 Å². The molecule has 1 fully saturated rings. The Hall–Kier alpha value is -1.35. The van der Waals surface area contributed by atoms with Crippen molar-refractivity contribution in [2.24, 2.45) is 0 Å². The third kappa shape index (κ3) is 3.35. The molecule has 1 heterocycles. The first-order valence-corrected chi connectivity index (χ1v) is 8.26. The van der Waals surface area contributed by atoms with Crippen LogP contribution in [0.1, 0.15) is 24.5 Å². The maximum atomic E-state index is 6.45. The average Bonchev–Trinajstić information content (AvgIpc) is 3.00. The third-order valence-corrected chi connectivity index (χ3v) is 4.74. The maximum absolute atomic E-state index is 6.45. The molecule has 0 spiro atoms. The van der Waals surface area contributed by atoms with Gasteiger partial charge in [-0.3, -0.25) is 0 Å². The Bertz CT molecular complexity index is 599. The topological polar surface area (TPSA) is 12.5 Å². The van der Waals surface area contributed by atoms with Gasteiger partial charge in [0.1, 0.15) is 5.60 Å². The van der Waals surface area contributed by atoms with Gasteiger partial charge in [0, 0.05) is 18.1 Å². The van der Waals surface area contributed by atoms with E-state index in [-0.39, 0.29) is 5.60 Å². The van der Waals surface area contributed by atoms with Gasteiger partial charge in [0.05, 0.1) is 6.61 Å². The van der Waals surface area contributed by atoms with Gasteiger partial charge in [-0.15, -0.1) is 0 Å². The van der Waals surface area contributed by atoms with E-state index in [0.29, 0.717) is 6.61 Å². The van der Waals surface area contributed by atoms with Crippen molar-refractivity contribution in [3.05, 3.63) is 70.7 Å². The molecule has 3 heteroatoms. The lowest BCUT2D eigenvalue weighted by Gasteiger charge is -2.30. The maximum Gasteiger partial charge on any atom is 0.107 e. The van der Waals surface area contributed by atoms with Crippen LogP contribution in [0.3, 0.4) is 0 Å². The molecular weight excluding hydrogens is 294 g/mol. The number of ether oxygens (including phenoxy) is 1. The highest BCUT2D eigenvalue weighted by atomic mass is 35.5. The summed E-state index contributed by atoms with van der Waals surface area (Å²) in [6, 6.07) is 18.5. The molecule has 1 atom stereocenters. The molecule has 22 heavy (non-hydrogen) atoms. The van der Waals surface area contributed by atoms with Gasteiger partial charge in [-0.2, -0.15) is 0 Å². The number of nitrogens with zero attached hydrogens (tertiary/aromatic N) is 1. The standard InChI is InChI=1S/C19H22ClNO/c1-2-21-13-12-19(15-21,17-6-4-3-5-7-17)22-14-16-8-10-18(20)11-9-16/h3-11H,2,12-15H2,1H3. The molecule has 0 bridgehead atoms. The minimum absolute atomic E-state index is 0.198. The van der Waals surface area contributed by atoms with E-state index in [9.17, 15) is 0 Å². The Balaban J connectivity index is 1.79.